The zero-order chi connectivity index (χ0) is 13.9. The first kappa shape index (κ1) is 13.2. The molecule has 1 N–H and O–H groups in total. The number of rotatable bonds is 4. The zero-order valence-corrected chi connectivity index (χ0v) is 12.6. The minimum atomic E-state index is 0.290. The van der Waals surface area contributed by atoms with Crippen LogP contribution in [0.1, 0.15) is 16.3 Å². The Morgan fingerprint density at radius 3 is 2.75 bits per heavy atom. The summed E-state index contributed by atoms with van der Waals surface area (Å²) in [6.07, 6.45) is 1.90. The second-order valence-corrected chi connectivity index (χ2v) is 5.88. The van der Waals surface area contributed by atoms with Crippen LogP contribution in [0.2, 0.25) is 0 Å². The third kappa shape index (κ3) is 2.86. The molecule has 0 atom stereocenters. The number of benzene rings is 1. The lowest BCUT2D eigenvalue weighted by Crippen LogP contribution is -1.90. The first-order valence-electron chi connectivity index (χ1n) is 6.28. The fourth-order valence-electron chi connectivity index (χ4n) is 1.98. The number of aromatic nitrogens is 3. The van der Waals surface area contributed by atoms with E-state index < -0.39 is 0 Å². The molecule has 0 fully saturated rings. The molecular weight excluding hydrogens is 290 g/mol. The van der Waals surface area contributed by atoms with Crippen LogP contribution in [-0.4, -0.2) is 15.2 Å². The highest BCUT2D eigenvalue weighted by Gasteiger charge is 2.14. The molecule has 3 aromatic rings. The Kier molecular flexibility index (Phi) is 3.75. The molecule has 0 radical (unpaired) electrons. The molecule has 3 rings (SSSR count). The Morgan fingerprint density at radius 2 is 2.05 bits per heavy atom. The molecule has 0 amide bonds. The van der Waals surface area contributed by atoms with Gasteiger partial charge in [0.1, 0.15) is 4.88 Å². The van der Waals surface area contributed by atoms with E-state index in [-0.39, 0.29) is 0 Å². The molecule has 0 unspecified atom stereocenters. The predicted molar refractivity (Wildman–Crippen MR) is 81.4 cm³/mol. The van der Waals surface area contributed by atoms with Crippen molar-refractivity contribution in [3.05, 3.63) is 51.4 Å². The van der Waals surface area contributed by atoms with Crippen molar-refractivity contribution in [2.75, 3.05) is 0 Å². The lowest BCUT2D eigenvalue weighted by atomic mass is 10.1. The van der Waals surface area contributed by atoms with Gasteiger partial charge in [0.05, 0.1) is 10.7 Å². The molecule has 4 nitrogen and oxygen atoms in total. The van der Waals surface area contributed by atoms with Gasteiger partial charge < -0.3 is 4.42 Å². The van der Waals surface area contributed by atoms with Crippen molar-refractivity contribution in [2.24, 2.45) is 0 Å². The Hall–Kier alpha value is -1.79. The van der Waals surface area contributed by atoms with Crippen molar-refractivity contribution >= 4 is 23.6 Å². The van der Waals surface area contributed by atoms with Gasteiger partial charge in [-0.05, 0) is 31.1 Å². The van der Waals surface area contributed by atoms with Gasteiger partial charge in [-0.15, -0.1) is 16.4 Å². The molecule has 6 heteroatoms. The Labute approximate surface area is 125 Å². The lowest BCUT2D eigenvalue weighted by molar-refractivity contribution is 0.553. The molecule has 0 bridgehead atoms. The summed E-state index contributed by atoms with van der Waals surface area (Å²) in [6.45, 7) is 1.96. The highest BCUT2D eigenvalue weighted by Crippen LogP contribution is 2.29. The first-order valence-corrected chi connectivity index (χ1v) is 7.51. The molecule has 2 aromatic heterocycles. The summed E-state index contributed by atoms with van der Waals surface area (Å²) in [7, 11) is 0. The van der Waals surface area contributed by atoms with Gasteiger partial charge in [0.25, 0.3) is 10.7 Å². The van der Waals surface area contributed by atoms with E-state index in [1.165, 1.54) is 5.56 Å². The van der Waals surface area contributed by atoms with Crippen molar-refractivity contribution in [1.29, 1.82) is 0 Å². The van der Waals surface area contributed by atoms with Crippen molar-refractivity contribution < 1.29 is 4.42 Å². The third-order valence-electron chi connectivity index (χ3n) is 2.94. The molecule has 0 aliphatic carbocycles. The number of nitrogens with zero attached hydrogens (tertiary/aromatic N) is 2. The minimum Gasteiger partial charge on any atom is -0.408 e. The van der Waals surface area contributed by atoms with Gasteiger partial charge in [0.15, 0.2) is 0 Å². The Morgan fingerprint density at radius 1 is 1.25 bits per heavy atom. The Balaban J connectivity index is 1.77. The van der Waals surface area contributed by atoms with Crippen LogP contribution < -0.4 is 0 Å². The Bertz CT molecular complexity index is 758. The van der Waals surface area contributed by atoms with E-state index in [1.807, 2.05) is 13.0 Å². The minimum absolute atomic E-state index is 0.290. The summed E-state index contributed by atoms with van der Waals surface area (Å²) in [4.78, 5) is 5.82. The van der Waals surface area contributed by atoms with E-state index in [9.17, 15) is 0 Å². The van der Waals surface area contributed by atoms with Crippen LogP contribution in [0.25, 0.3) is 10.8 Å². The van der Waals surface area contributed by atoms with E-state index in [2.05, 4.69) is 39.4 Å². The average molecular weight is 303 g/mol. The number of aryl methyl sites for hydroxylation is 3. The second kappa shape index (κ2) is 5.68. The van der Waals surface area contributed by atoms with Crippen LogP contribution in [0.4, 0.5) is 0 Å². The van der Waals surface area contributed by atoms with Crippen molar-refractivity contribution in [1.82, 2.24) is 15.2 Å². The maximum Gasteiger partial charge on any atom is 0.284 e. The zero-order valence-electron chi connectivity index (χ0n) is 10.9. The molecular formula is C14H13N3OS2. The maximum absolute atomic E-state index is 5.35. The fraction of sp³-hybridized carbons (Fsp3) is 0.214. The summed E-state index contributed by atoms with van der Waals surface area (Å²) in [5, 5.41) is 7.78. The van der Waals surface area contributed by atoms with E-state index in [0.29, 0.717) is 10.7 Å². The molecule has 2 heterocycles. The smallest absolute Gasteiger partial charge is 0.284 e. The average Bonchev–Trinajstić information content (AvgIpc) is 3.04. The monoisotopic (exact) mass is 303 g/mol. The van der Waals surface area contributed by atoms with Gasteiger partial charge in [-0.3, -0.25) is 0 Å². The molecule has 0 saturated heterocycles. The van der Waals surface area contributed by atoms with Gasteiger partial charge in [0.2, 0.25) is 0 Å². The molecule has 0 saturated carbocycles. The van der Waals surface area contributed by atoms with E-state index >= 15 is 0 Å². The normalized spacial score (nSPS) is 10.8. The summed E-state index contributed by atoms with van der Waals surface area (Å²) in [6, 6.07) is 10.4. The van der Waals surface area contributed by atoms with Crippen LogP contribution in [0.15, 0.2) is 34.7 Å². The maximum atomic E-state index is 5.35. The number of hydrogen-bond donors (Lipinski definition) is 1. The van der Waals surface area contributed by atoms with Crippen molar-refractivity contribution in [3.63, 3.8) is 0 Å². The van der Waals surface area contributed by atoms with Crippen LogP contribution in [0, 0.1) is 11.8 Å². The topological polar surface area (TPSA) is 54.7 Å². The van der Waals surface area contributed by atoms with Crippen LogP contribution in [0.5, 0.6) is 0 Å². The number of nitrogens with one attached hydrogen (secondary N) is 1. The third-order valence-corrected chi connectivity index (χ3v) is 4.32. The van der Waals surface area contributed by atoms with Crippen molar-refractivity contribution in [2.45, 2.75) is 19.8 Å². The number of aromatic amines is 1. The van der Waals surface area contributed by atoms with Crippen molar-refractivity contribution in [3.8, 4) is 10.8 Å². The quantitative estimate of drug-likeness (QED) is 0.741. The highest BCUT2D eigenvalue weighted by atomic mass is 32.1. The molecule has 102 valence electrons. The summed E-state index contributed by atoms with van der Waals surface area (Å²) in [5.74, 6) is 0.524. The molecule has 1 aromatic carbocycles. The van der Waals surface area contributed by atoms with Crippen LogP contribution in [0.3, 0.4) is 0 Å². The standard InChI is InChI=1S/C14H13N3OS2/c1-9-12(13-16-17-14(19)18-13)20-11(15-9)8-7-10-5-3-2-4-6-10/h2-6H,7-8H2,1H3,(H,17,19). The summed E-state index contributed by atoms with van der Waals surface area (Å²) >= 11 is 6.51. The number of H-pyrrole nitrogens is 1. The van der Waals surface area contributed by atoms with Gasteiger partial charge in [-0.1, -0.05) is 30.3 Å². The van der Waals surface area contributed by atoms with E-state index in [0.717, 1.165) is 28.4 Å². The number of hydrogen-bond acceptors (Lipinski definition) is 5. The summed E-state index contributed by atoms with van der Waals surface area (Å²) < 4.78 is 5.35. The van der Waals surface area contributed by atoms with E-state index in [4.69, 9.17) is 16.6 Å². The SMILES string of the molecule is Cc1nc(CCc2ccccc2)sc1-c1n[nH]c(=S)o1. The highest BCUT2D eigenvalue weighted by molar-refractivity contribution is 7.71. The first-order chi connectivity index (χ1) is 9.72. The second-order valence-electron chi connectivity index (χ2n) is 4.43. The molecule has 0 aliphatic heterocycles. The predicted octanol–water partition coefficient (Wildman–Crippen LogP) is 3.95. The molecule has 0 spiro atoms. The van der Waals surface area contributed by atoms with Gasteiger partial charge >= 0.3 is 0 Å². The summed E-state index contributed by atoms with van der Waals surface area (Å²) in [5.41, 5.74) is 2.25. The molecule has 0 aliphatic rings. The largest absolute Gasteiger partial charge is 0.408 e. The lowest BCUT2D eigenvalue weighted by Gasteiger charge is -1.97. The fourth-order valence-corrected chi connectivity index (χ4v) is 3.10. The van der Waals surface area contributed by atoms with Gasteiger partial charge in [-0.25, -0.2) is 10.1 Å². The van der Waals surface area contributed by atoms with Crippen LogP contribution >= 0.6 is 23.6 Å². The number of thiazole rings is 1. The van der Waals surface area contributed by atoms with Gasteiger partial charge in [0, 0.05) is 6.42 Å². The van der Waals surface area contributed by atoms with Crippen LogP contribution in [-0.2, 0) is 12.8 Å². The van der Waals surface area contributed by atoms with Gasteiger partial charge in [-0.2, -0.15) is 0 Å². The van der Waals surface area contributed by atoms with E-state index in [1.54, 1.807) is 11.3 Å². The molecule has 20 heavy (non-hydrogen) atoms.